The number of benzene rings is 2. The third-order valence-corrected chi connectivity index (χ3v) is 6.89. The minimum absolute atomic E-state index is 0.279. The second kappa shape index (κ2) is 6.72. The summed E-state index contributed by atoms with van der Waals surface area (Å²) in [4.78, 5) is 10.9. The Morgan fingerprint density at radius 2 is 1.64 bits per heavy atom. The fourth-order valence-electron chi connectivity index (χ4n) is 3.20. The van der Waals surface area contributed by atoms with Crippen molar-refractivity contribution in [1.82, 2.24) is 9.97 Å². The lowest BCUT2D eigenvalue weighted by molar-refractivity contribution is 0.174. The number of hydrogen-bond acceptors (Lipinski definition) is 6. The van der Waals surface area contributed by atoms with Crippen molar-refractivity contribution in [1.29, 1.82) is 0 Å². The van der Waals surface area contributed by atoms with E-state index in [0.717, 1.165) is 44.0 Å². The first kappa shape index (κ1) is 17.4. The molecule has 3 heterocycles. The number of thiazole rings is 2. The Morgan fingerprint density at radius 1 is 0.821 bits per heavy atom. The van der Waals surface area contributed by atoms with Crippen molar-refractivity contribution in [2.45, 2.75) is 20.8 Å². The normalized spacial score (nSPS) is 12.5. The van der Waals surface area contributed by atoms with Crippen LogP contribution in [0, 0.1) is 20.8 Å². The first-order valence-corrected chi connectivity index (χ1v) is 10.7. The van der Waals surface area contributed by atoms with E-state index in [1.807, 2.05) is 18.2 Å². The van der Waals surface area contributed by atoms with Gasteiger partial charge in [0.2, 0.25) is 6.79 Å². The summed E-state index contributed by atoms with van der Waals surface area (Å²) < 4.78 is 10.9. The lowest BCUT2D eigenvalue weighted by atomic mass is 10.0. The fourth-order valence-corrected chi connectivity index (χ4v) is 5.00. The zero-order chi connectivity index (χ0) is 19.3. The maximum absolute atomic E-state index is 5.48. The summed E-state index contributed by atoms with van der Waals surface area (Å²) in [5.74, 6) is 1.56. The number of ether oxygens (including phenoxy) is 2. The number of aromatic nitrogens is 2. The Hall–Kier alpha value is -2.70. The third-order valence-electron chi connectivity index (χ3n) is 4.93. The molecule has 0 atom stereocenters. The molecule has 0 amide bonds. The largest absolute Gasteiger partial charge is 0.454 e. The quantitative estimate of drug-likeness (QED) is 0.403. The Kier molecular flexibility index (Phi) is 4.18. The summed E-state index contributed by atoms with van der Waals surface area (Å²) in [6.45, 7) is 6.67. The molecule has 0 spiro atoms. The highest BCUT2D eigenvalue weighted by atomic mass is 32.1. The van der Waals surface area contributed by atoms with Crippen LogP contribution in [0.1, 0.15) is 16.0 Å². The van der Waals surface area contributed by atoms with Gasteiger partial charge in [0, 0.05) is 21.4 Å². The smallest absolute Gasteiger partial charge is 0.231 e. The van der Waals surface area contributed by atoms with Crippen LogP contribution in [-0.2, 0) is 0 Å². The van der Waals surface area contributed by atoms with Gasteiger partial charge in [0.25, 0.3) is 0 Å². The molecule has 140 valence electrons. The van der Waals surface area contributed by atoms with Crippen molar-refractivity contribution in [2.75, 3.05) is 6.79 Å². The molecule has 0 saturated carbocycles. The van der Waals surface area contributed by atoms with E-state index in [4.69, 9.17) is 19.4 Å². The summed E-state index contributed by atoms with van der Waals surface area (Å²) in [6, 6.07) is 12.4. The Labute approximate surface area is 171 Å². The van der Waals surface area contributed by atoms with Crippen molar-refractivity contribution in [3.05, 3.63) is 57.8 Å². The van der Waals surface area contributed by atoms with Crippen LogP contribution in [0.2, 0.25) is 0 Å². The van der Waals surface area contributed by atoms with Gasteiger partial charge in [-0.3, -0.25) is 0 Å². The molecule has 0 radical (unpaired) electrons. The molecule has 2 aromatic heterocycles. The number of hydrogen-bond donors (Lipinski definition) is 0. The number of rotatable bonds is 3. The Balaban J connectivity index is 1.48. The first-order valence-electron chi connectivity index (χ1n) is 8.99. The molecule has 0 aliphatic carbocycles. The fraction of sp³-hybridized carbons (Fsp3) is 0.182. The van der Waals surface area contributed by atoms with Crippen LogP contribution < -0.4 is 9.47 Å². The van der Waals surface area contributed by atoms with Crippen molar-refractivity contribution in [3.63, 3.8) is 0 Å². The monoisotopic (exact) mass is 406 g/mol. The second-order valence-corrected chi connectivity index (χ2v) is 8.89. The number of nitrogens with zero attached hydrogens (tertiary/aromatic N) is 2. The molecule has 1 aliphatic heterocycles. The molecular formula is C22H18N2O2S2. The second-order valence-electron chi connectivity index (χ2n) is 6.83. The number of fused-ring (bicyclic) bond motifs is 1. The molecule has 0 unspecified atom stereocenters. The molecule has 0 bridgehead atoms. The summed E-state index contributed by atoms with van der Waals surface area (Å²) >= 11 is 3.31. The first-order chi connectivity index (χ1) is 13.6. The maximum Gasteiger partial charge on any atom is 0.231 e. The van der Waals surface area contributed by atoms with Crippen molar-refractivity contribution in [2.24, 2.45) is 0 Å². The summed E-state index contributed by atoms with van der Waals surface area (Å²) in [6.07, 6.45) is 0. The highest BCUT2D eigenvalue weighted by Gasteiger charge is 2.17. The predicted molar refractivity (Wildman–Crippen MR) is 114 cm³/mol. The Bertz CT molecular complexity index is 1190. The molecule has 0 fully saturated rings. The molecule has 4 aromatic rings. The van der Waals surface area contributed by atoms with Crippen LogP contribution in [0.25, 0.3) is 32.5 Å². The zero-order valence-electron chi connectivity index (χ0n) is 15.8. The minimum Gasteiger partial charge on any atom is -0.454 e. The van der Waals surface area contributed by atoms with Crippen LogP contribution in [-0.4, -0.2) is 16.8 Å². The predicted octanol–water partition coefficient (Wildman–Crippen LogP) is 6.25. The molecule has 6 heteroatoms. The number of aryl methyl sites for hydroxylation is 3. The standard InChI is InChI=1S/C22H18N2O2S2/c1-12-4-5-16(8-13(12)2)20-14(3)28-22(24-20)21-23-17(10-27-21)15-6-7-18-19(9-15)26-11-25-18/h4-10H,11H2,1-3H3. The van der Waals surface area contributed by atoms with E-state index >= 15 is 0 Å². The van der Waals surface area contributed by atoms with Gasteiger partial charge in [-0.2, -0.15) is 0 Å². The van der Waals surface area contributed by atoms with Gasteiger partial charge in [-0.1, -0.05) is 12.1 Å². The van der Waals surface area contributed by atoms with Crippen LogP contribution in [0.4, 0.5) is 0 Å². The van der Waals surface area contributed by atoms with E-state index in [1.165, 1.54) is 16.0 Å². The van der Waals surface area contributed by atoms with Gasteiger partial charge in [0.05, 0.1) is 11.4 Å². The molecule has 2 aromatic carbocycles. The zero-order valence-corrected chi connectivity index (χ0v) is 17.4. The minimum atomic E-state index is 0.279. The van der Waals surface area contributed by atoms with Crippen molar-refractivity contribution in [3.8, 4) is 44.0 Å². The van der Waals surface area contributed by atoms with Crippen LogP contribution in [0.15, 0.2) is 41.8 Å². The van der Waals surface area contributed by atoms with E-state index < -0.39 is 0 Å². The van der Waals surface area contributed by atoms with Crippen LogP contribution >= 0.6 is 22.7 Å². The molecule has 0 saturated heterocycles. The van der Waals surface area contributed by atoms with Crippen LogP contribution in [0.3, 0.4) is 0 Å². The van der Waals surface area contributed by atoms with E-state index in [1.54, 1.807) is 22.7 Å². The molecule has 28 heavy (non-hydrogen) atoms. The van der Waals surface area contributed by atoms with E-state index in [0.29, 0.717) is 0 Å². The molecule has 1 aliphatic rings. The molecular weight excluding hydrogens is 388 g/mol. The van der Waals surface area contributed by atoms with Gasteiger partial charge in [-0.05, 0) is 56.2 Å². The topological polar surface area (TPSA) is 44.2 Å². The summed E-state index contributed by atoms with van der Waals surface area (Å²) in [5.41, 5.74) is 6.74. The highest BCUT2D eigenvalue weighted by Crippen LogP contribution is 2.39. The summed E-state index contributed by atoms with van der Waals surface area (Å²) in [5, 5.41) is 3.97. The van der Waals surface area contributed by atoms with E-state index in [-0.39, 0.29) is 6.79 Å². The van der Waals surface area contributed by atoms with Gasteiger partial charge < -0.3 is 9.47 Å². The molecule has 5 rings (SSSR count). The van der Waals surface area contributed by atoms with Crippen molar-refractivity contribution < 1.29 is 9.47 Å². The van der Waals surface area contributed by atoms with Gasteiger partial charge in [0.15, 0.2) is 21.5 Å². The molecule has 4 nitrogen and oxygen atoms in total. The highest BCUT2D eigenvalue weighted by molar-refractivity contribution is 7.21. The van der Waals surface area contributed by atoms with Crippen molar-refractivity contribution >= 4 is 22.7 Å². The lowest BCUT2D eigenvalue weighted by Crippen LogP contribution is -1.92. The third kappa shape index (κ3) is 2.99. The SMILES string of the molecule is Cc1ccc(-c2nc(-c3nc(-c4ccc5c(c4)OCO5)cs3)sc2C)cc1C. The maximum atomic E-state index is 5.48. The molecule has 0 N–H and O–H groups in total. The average Bonchev–Trinajstić information content (AvgIpc) is 3.42. The van der Waals surface area contributed by atoms with Gasteiger partial charge in [-0.15, -0.1) is 22.7 Å². The van der Waals surface area contributed by atoms with Gasteiger partial charge in [-0.25, -0.2) is 9.97 Å². The van der Waals surface area contributed by atoms with Crippen LogP contribution in [0.5, 0.6) is 11.5 Å². The van der Waals surface area contributed by atoms with Gasteiger partial charge in [0.1, 0.15) is 0 Å². The van der Waals surface area contributed by atoms with E-state index in [2.05, 4.69) is 44.4 Å². The average molecular weight is 407 g/mol. The van der Waals surface area contributed by atoms with Gasteiger partial charge >= 0.3 is 0 Å². The lowest BCUT2D eigenvalue weighted by Gasteiger charge is -2.03. The Morgan fingerprint density at radius 3 is 2.50 bits per heavy atom. The summed E-state index contributed by atoms with van der Waals surface area (Å²) in [7, 11) is 0. The van der Waals surface area contributed by atoms with E-state index in [9.17, 15) is 0 Å².